The van der Waals surface area contributed by atoms with Crippen LogP contribution in [0.3, 0.4) is 0 Å². The van der Waals surface area contributed by atoms with Crippen molar-refractivity contribution in [3.05, 3.63) is 35.9 Å². The summed E-state index contributed by atoms with van der Waals surface area (Å²) in [6.07, 6.45) is 17.8. The van der Waals surface area contributed by atoms with Gasteiger partial charge in [-0.1, -0.05) is 114 Å². The third kappa shape index (κ3) is 16.3. The van der Waals surface area contributed by atoms with Crippen molar-refractivity contribution in [1.29, 1.82) is 0 Å². The van der Waals surface area contributed by atoms with E-state index >= 15 is 0 Å². The summed E-state index contributed by atoms with van der Waals surface area (Å²) in [5.74, 6) is 0. The van der Waals surface area contributed by atoms with E-state index in [1.807, 2.05) is 30.3 Å². The average Bonchev–Trinajstić information content (AvgIpc) is 2.76. The van der Waals surface area contributed by atoms with Crippen molar-refractivity contribution < 1.29 is 14.6 Å². The molecule has 0 bridgehead atoms. The summed E-state index contributed by atoms with van der Waals surface area (Å²) >= 11 is 0. The van der Waals surface area contributed by atoms with Gasteiger partial charge < -0.3 is 15.2 Å². The maximum absolute atomic E-state index is 11.7. The van der Waals surface area contributed by atoms with Gasteiger partial charge in [-0.2, -0.15) is 0 Å². The van der Waals surface area contributed by atoms with Crippen LogP contribution in [-0.2, 0) is 11.3 Å². The summed E-state index contributed by atoms with van der Waals surface area (Å²) in [4.78, 5) is 11.7. The van der Waals surface area contributed by atoms with Gasteiger partial charge in [0.1, 0.15) is 6.61 Å². The number of ether oxygens (including phenoxy) is 1. The van der Waals surface area contributed by atoms with Crippen molar-refractivity contribution in [1.82, 2.24) is 5.32 Å². The smallest absolute Gasteiger partial charge is 0.407 e. The van der Waals surface area contributed by atoms with Crippen LogP contribution in [0.25, 0.3) is 0 Å². The van der Waals surface area contributed by atoms with Gasteiger partial charge in [-0.05, 0) is 24.8 Å². The van der Waals surface area contributed by atoms with Crippen molar-refractivity contribution in [2.75, 3.05) is 6.54 Å². The third-order valence-corrected chi connectivity index (χ3v) is 5.59. The van der Waals surface area contributed by atoms with Crippen LogP contribution in [0.15, 0.2) is 30.3 Å². The number of rotatable bonds is 19. The zero-order valence-electron chi connectivity index (χ0n) is 19.2. The molecule has 0 aliphatic heterocycles. The number of hydrogen-bond donors (Lipinski definition) is 2. The molecule has 0 radical (unpaired) electrons. The number of carbonyl (C=O) groups is 1. The van der Waals surface area contributed by atoms with Gasteiger partial charge in [0.05, 0.1) is 6.10 Å². The number of hydrogen-bond acceptors (Lipinski definition) is 3. The van der Waals surface area contributed by atoms with Crippen LogP contribution >= 0.6 is 0 Å². The Bertz CT molecular complexity index is 506. The van der Waals surface area contributed by atoms with E-state index in [1.54, 1.807) is 0 Å². The van der Waals surface area contributed by atoms with Crippen molar-refractivity contribution in [3.63, 3.8) is 0 Å². The van der Waals surface area contributed by atoms with Crippen molar-refractivity contribution in [2.24, 2.45) is 0 Å². The lowest BCUT2D eigenvalue weighted by Gasteiger charge is -2.11. The average molecular weight is 420 g/mol. The van der Waals surface area contributed by atoms with E-state index in [0.29, 0.717) is 6.54 Å². The summed E-state index contributed by atoms with van der Waals surface area (Å²) in [7, 11) is 0. The van der Waals surface area contributed by atoms with E-state index in [2.05, 4.69) is 12.2 Å². The number of unbranched alkanes of at least 4 members (excludes halogenated alkanes) is 11. The Kier molecular flexibility index (Phi) is 17.1. The van der Waals surface area contributed by atoms with Gasteiger partial charge in [-0.15, -0.1) is 0 Å². The fourth-order valence-electron chi connectivity index (χ4n) is 3.67. The number of amides is 1. The molecular weight excluding hydrogens is 374 g/mol. The molecule has 0 aliphatic rings. The van der Waals surface area contributed by atoms with Crippen LogP contribution in [0.5, 0.6) is 0 Å². The SMILES string of the molecule is CCCCCCCCCCCCCC[C@H](O)CCCNC(=O)OCc1ccccc1. The second-order valence-corrected chi connectivity index (χ2v) is 8.46. The molecule has 1 atom stereocenters. The molecule has 0 aliphatic carbocycles. The number of alkyl carbamates (subject to hydrolysis) is 1. The fourth-order valence-corrected chi connectivity index (χ4v) is 3.67. The van der Waals surface area contributed by atoms with Crippen LogP contribution in [-0.4, -0.2) is 23.8 Å². The Balaban J connectivity index is 1.82. The van der Waals surface area contributed by atoms with E-state index < -0.39 is 6.09 Å². The number of carbonyl (C=O) groups excluding carboxylic acids is 1. The predicted molar refractivity (Wildman–Crippen MR) is 126 cm³/mol. The highest BCUT2D eigenvalue weighted by Crippen LogP contribution is 2.14. The standard InChI is InChI=1S/C26H45NO3/c1-2-3-4-5-6-7-8-9-10-11-12-16-20-25(28)21-17-22-27-26(29)30-23-24-18-14-13-15-19-24/h13-15,18-19,25,28H,2-12,16-17,20-23H2,1H3,(H,27,29)/t25-/m0/s1. The second kappa shape index (κ2) is 19.4. The normalized spacial score (nSPS) is 11.9. The quantitative estimate of drug-likeness (QED) is 0.234. The molecule has 2 N–H and O–H groups in total. The molecule has 0 unspecified atom stereocenters. The molecule has 1 amide bonds. The minimum atomic E-state index is -0.394. The number of benzene rings is 1. The Morgan fingerprint density at radius 2 is 1.37 bits per heavy atom. The van der Waals surface area contributed by atoms with Gasteiger partial charge in [-0.3, -0.25) is 0 Å². The predicted octanol–water partition coefficient (Wildman–Crippen LogP) is 7.15. The molecule has 172 valence electrons. The first kappa shape index (κ1) is 26.5. The molecule has 0 spiro atoms. The molecule has 0 aromatic heterocycles. The van der Waals surface area contributed by atoms with Gasteiger partial charge >= 0.3 is 6.09 Å². The molecule has 0 saturated heterocycles. The molecule has 1 aromatic carbocycles. The van der Waals surface area contributed by atoms with Crippen LogP contribution in [0.4, 0.5) is 4.79 Å². The van der Waals surface area contributed by atoms with E-state index in [0.717, 1.165) is 31.2 Å². The van der Waals surface area contributed by atoms with Crippen LogP contribution in [0.1, 0.15) is 109 Å². The molecule has 0 heterocycles. The summed E-state index contributed by atoms with van der Waals surface area (Å²) in [5.41, 5.74) is 0.977. The minimum absolute atomic E-state index is 0.254. The molecular formula is C26H45NO3. The van der Waals surface area contributed by atoms with E-state index in [1.165, 1.54) is 70.6 Å². The monoisotopic (exact) mass is 419 g/mol. The van der Waals surface area contributed by atoms with Gasteiger partial charge in [0.25, 0.3) is 0 Å². The van der Waals surface area contributed by atoms with E-state index in [4.69, 9.17) is 4.74 Å². The number of nitrogens with one attached hydrogen (secondary N) is 1. The van der Waals surface area contributed by atoms with Crippen LogP contribution < -0.4 is 5.32 Å². The summed E-state index contributed by atoms with van der Waals surface area (Å²) in [6, 6.07) is 9.65. The Morgan fingerprint density at radius 3 is 1.97 bits per heavy atom. The molecule has 30 heavy (non-hydrogen) atoms. The highest BCUT2D eigenvalue weighted by atomic mass is 16.5. The Labute approximate surface area is 184 Å². The summed E-state index contributed by atoms with van der Waals surface area (Å²) in [6.45, 7) is 3.10. The molecule has 0 fully saturated rings. The van der Waals surface area contributed by atoms with Crippen molar-refractivity contribution in [3.8, 4) is 0 Å². The van der Waals surface area contributed by atoms with Gasteiger partial charge in [-0.25, -0.2) is 4.79 Å². The topological polar surface area (TPSA) is 58.6 Å². The largest absolute Gasteiger partial charge is 0.445 e. The second-order valence-electron chi connectivity index (χ2n) is 8.46. The summed E-state index contributed by atoms with van der Waals surface area (Å²) in [5, 5.41) is 12.8. The zero-order chi connectivity index (χ0) is 21.7. The van der Waals surface area contributed by atoms with Gasteiger partial charge in [0, 0.05) is 6.54 Å². The number of aliphatic hydroxyl groups is 1. The van der Waals surface area contributed by atoms with Crippen molar-refractivity contribution >= 4 is 6.09 Å². The molecule has 0 saturated carbocycles. The van der Waals surface area contributed by atoms with Crippen LogP contribution in [0, 0.1) is 0 Å². The highest BCUT2D eigenvalue weighted by Gasteiger charge is 2.06. The third-order valence-electron chi connectivity index (χ3n) is 5.59. The first-order valence-electron chi connectivity index (χ1n) is 12.3. The lowest BCUT2D eigenvalue weighted by atomic mass is 10.0. The van der Waals surface area contributed by atoms with Crippen LogP contribution in [0.2, 0.25) is 0 Å². The van der Waals surface area contributed by atoms with Gasteiger partial charge in [0.2, 0.25) is 0 Å². The first-order chi connectivity index (χ1) is 14.7. The maximum Gasteiger partial charge on any atom is 0.407 e. The fraction of sp³-hybridized carbons (Fsp3) is 0.731. The summed E-state index contributed by atoms with van der Waals surface area (Å²) < 4.78 is 5.17. The van der Waals surface area contributed by atoms with E-state index in [9.17, 15) is 9.90 Å². The van der Waals surface area contributed by atoms with Gasteiger partial charge in [0.15, 0.2) is 0 Å². The maximum atomic E-state index is 11.7. The zero-order valence-corrected chi connectivity index (χ0v) is 19.2. The molecule has 1 rings (SSSR count). The lowest BCUT2D eigenvalue weighted by molar-refractivity contribution is 0.134. The highest BCUT2D eigenvalue weighted by molar-refractivity contribution is 5.67. The Morgan fingerprint density at radius 1 is 0.833 bits per heavy atom. The Hall–Kier alpha value is -1.55. The first-order valence-corrected chi connectivity index (χ1v) is 12.3. The van der Waals surface area contributed by atoms with Crippen molar-refractivity contribution in [2.45, 2.75) is 116 Å². The lowest BCUT2D eigenvalue weighted by Crippen LogP contribution is -2.26. The molecule has 4 heteroatoms. The molecule has 1 aromatic rings. The minimum Gasteiger partial charge on any atom is -0.445 e. The molecule has 4 nitrogen and oxygen atoms in total. The number of aliphatic hydroxyl groups excluding tert-OH is 1. The van der Waals surface area contributed by atoms with E-state index in [-0.39, 0.29) is 12.7 Å².